The molecule has 7 nitrogen and oxygen atoms in total. The number of amides is 2. The molecule has 0 spiro atoms. The summed E-state index contributed by atoms with van der Waals surface area (Å²) in [5.74, 6) is -0.243. The smallest absolute Gasteiger partial charge is 0.255 e. The Hall–Kier alpha value is -3.22. The minimum Gasteiger partial charge on any atom is -0.353 e. The first kappa shape index (κ1) is 17.2. The SMILES string of the molecule is CC[C@@H]1C(=O)NCCN1C(=O)c1cc(-c2ccn(C)n2)nc2ccccc12. The number of nitrogens with one attached hydrogen (secondary N) is 1. The Kier molecular flexibility index (Phi) is 4.35. The Labute approximate surface area is 157 Å². The Balaban J connectivity index is 1.84. The van der Waals surface area contributed by atoms with E-state index in [9.17, 15) is 9.59 Å². The van der Waals surface area contributed by atoms with Gasteiger partial charge >= 0.3 is 0 Å². The molecule has 0 radical (unpaired) electrons. The molecular weight excluding hydrogens is 342 g/mol. The highest BCUT2D eigenvalue weighted by Crippen LogP contribution is 2.26. The van der Waals surface area contributed by atoms with E-state index in [4.69, 9.17) is 0 Å². The standard InChI is InChI=1S/C20H21N5O2/c1-3-18-19(26)21-9-11-25(18)20(27)14-12-17(16-8-10-24(2)23-16)22-15-7-5-4-6-13(14)15/h4-8,10,12,18H,3,9,11H2,1-2H3,(H,21,26)/t18-/m1/s1. The van der Waals surface area contributed by atoms with Crippen molar-refractivity contribution in [2.75, 3.05) is 13.1 Å². The average molecular weight is 363 g/mol. The molecule has 1 saturated heterocycles. The van der Waals surface area contributed by atoms with E-state index in [1.807, 2.05) is 50.5 Å². The van der Waals surface area contributed by atoms with Crippen molar-refractivity contribution in [3.05, 3.63) is 48.2 Å². The van der Waals surface area contributed by atoms with Crippen molar-refractivity contribution in [2.45, 2.75) is 19.4 Å². The van der Waals surface area contributed by atoms with E-state index in [1.165, 1.54) is 0 Å². The largest absolute Gasteiger partial charge is 0.353 e. The first-order valence-corrected chi connectivity index (χ1v) is 9.07. The maximum Gasteiger partial charge on any atom is 0.255 e. The van der Waals surface area contributed by atoms with Gasteiger partial charge in [-0.1, -0.05) is 25.1 Å². The summed E-state index contributed by atoms with van der Waals surface area (Å²) in [7, 11) is 1.84. The zero-order valence-electron chi connectivity index (χ0n) is 15.3. The molecule has 1 aliphatic heterocycles. The maximum atomic E-state index is 13.4. The molecule has 0 unspecified atom stereocenters. The van der Waals surface area contributed by atoms with Crippen molar-refractivity contribution in [3.63, 3.8) is 0 Å². The van der Waals surface area contributed by atoms with Crippen LogP contribution in [0.4, 0.5) is 0 Å². The second kappa shape index (κ2) is 6.83. The van der Waals surface area contributed by atoms with Crippen LogP contribution in [0.5, 0.6) is 0 Å². The third kappa shape index (κ3) is 3.05. The molecule has 1 fully saturated rings. The van der Waals surface area contributed by atoms with Crippen molar-refractivity contribution in [3.8, 4) is 11.4 Å². The second-order valence-corrected chi connectivity index (χ2v) is 6.66. The van der Waals surface area contributed by atoms with Gasteiger partial charge in [-0.3, -0.25) is 14.3 Å². The van der Waals surface area contributed by atoms with Gasteiger partial charge in [0.2, 0.25) is 5.91 Å². The van der Waals surface area contributed by atoms with Crippen LogP contribution in [-0.2, 0) is 11.8 Å². The summed E-state index contributed by atoms with van der Waals surface area (Å²) in [5, 5.41) is 8.03. The van der Waals surface area contributed by atoms with Gasteiger partial charge in [0, 0.05) is 31.7 Å². The lowest BCUT2D eigenvalue weighted by Gasteiger charge is -2.34. The van der Waals surface area contributed by atoms with Crippen LogP contribution in [0.25, 0.3) is 22.3 Å². The molecule has 1 aliphatic rings. The Morgan fingerprint density at radius 1 is 1.26 bits per heavy atom. The summed E-state index contributed by atoms with van der Waals surface area (Å²) in [5.41, 5.74) is 2.64. The van der Waals surface area contributed by atoms with Gasteiger partial charge in [-0.2, -0.15) is 5.10 Å². The van der Waals surface area contributed by atoms with Gasteiger partial charge in [0.1, 0.15) is 11.7 Å². The van der Waals surface area contributed by atoms with Gasteiger partial charge in [0.25, 0.3) is 5.91 Å². The van der Waals surface area contributed by atoms with Crippen LogP contribution in [0.2, 0.25) is 0 Å². The van der Waals surface area contributed by atoms with Crippen LogP contribution in [0.3, 0.4) is 0 Å². The zero-order chi connectivity index (χ0) is 19.0. The van der Waals surface area contributed by atoms with Crippen molar-refractivity contribution in [1.82, 2.24) is 25.0 Å². The fourth-order valence-electron chi connectivity index (χ4n) is 3.55. The van der Waals surface area contributed by atoms with Gasteiger partial charge in [0.15, 0.2) is 0 Å². The van der Waals surface area contributed by atoms with Crippen LogP contribution in [0.1, 0.15) is 23.7 Å². The molecule has 1 atom stereocenters. The predicted octanol–water partition coefficient (Wildman–Crippen LogP) is 1.99. The highest BCUT2D eigenvalue weighted by atomic mass is 16.2. The number of aryl methyl sites for hydroxylation is 1. The van der Waals surface area contributed by atoms with Gasteiger partial charge in [-0.15, -0.1) is 0 Å². The maximum absolute atomic E-state index is 13.4. The van der Waals surface area contributed by atoms with Gasteiger partial charge in [-0.25, -0.2) is 4.98 Å². The second-order valence-electron chi connectivity index (χ2n) is 6.66. The van der Waals surface area contributed by atoms with E-state index in [1.54, 1.807) is 15.6 Å². The molecule has 0 bridgehead atoms. The van der Waals surface area contributed by atoms with Crippen LogP contribution in [0, 0.1) is 0 Å². The lowest BCUT2D eigenvalue weighted by molar-refractivity contribution is -0.127. The van der Waals surface area contributed by atoms with E-state index in [2.05, 4.69) is 15.4 Å². The molecule has 3 heterocycles. The van der Waals surface area contributed by atoms with Crippen LogP contribution in [-0.4, -0.2) is 50.6 Å². The number of fused-ring (bicyclic) bond motifs is 1. The highest BCUT2D eigenvalue weighted by Gasteiger charge is 2.33. The molecule has 3 aromatic rings. The quantitative estimate of drug-likeness (QED) is 0.772. The number of nitrogens with zero attached hydrogens (tertiary/aromatic N) is 4. The number of rotatable bonds is 3. The minimum absolute atomic E-state index is 0.0968. The molecule has 0 aliphatic carbocycles. The fraction of sp³-hybridized carbons (Fsp3) is 0.300. The first-order valence-electron chi connectivity index (χ1n) is 9.07. The molecule has 1 aromatic carbocycles. The molecule has 7 heteroatoms. The lowest BCUT2D eigenvalue weighted by Crippen LogP contribution is -2.56. The number of carbonyl (C=O) groups excluding carboxylic acids is 2. The third-order valence-corrected chi connectivity index (χ3v) is 4.90. The number of carbonyl (C=O) groups is 2. The summed E-state index contributed by atoms with van der Waals surface area (Å²) in [6.45, 7) is 2.88. The van der Waals surface area contributed by atoms with Crippen molar-refractivity contribution >= 4 is 22.7 Å². The molecular formula is C20H21N5O2. The Bertz CT molecular complexity index is 1030. The molecule has 27 heavy (non-hydrogen) atoms. The van der Waals surface area contributed by atoms with Crippen LogP contribution < -0.4 is 5.32 Å². The topological polar surface area (TPSA) is 80.1 Å². The van der Waals surface area contributed by atoms with E-state index >= 15 is 0 Å². The van der Waals surface area contributed by atoms with Crippen molar-refractivity contribution < 1.29 is 9.59 Å². The third-order valence-electron chi connectivity index (χ3n) is 4.90. The summed E-state index contributed by atoms with van der Waals surface area (Å²) < 4.78 is 1.70. The number of hydrogen-bond acceptors (Lipinski definition) is 4. The summed E-state index contributed by atoms with van der Waals surface area (Å²) in [6, 6.07) is 10.8. The Morgan fingerprint density at radius 3 is 2.81 bits per heavy atom. The average Bonchev–Trinajstić information content (AvgIpc) is 3.12. The number of pyridine rings is 1. The monoisotopic (exact) mass is 363 g/mol. The summed E-state index contributed by atoms with van der Waals surface area (Å²) >= 11 is 0. The molecule has 2 amide bonds. The van der Waals surface area contributed by atoms with E-state index < -0.39 is 6.04 Å². The van der Waals surface area contributed by atoms with Gasteiger partial charge in [0.05, 0.1) is 16.8 Å². The molecule has 2 aromatic heterocycles. The molecule has 1 N–H and O–H groups in total. The van der Waals surface area contributed by atoms with Crippen LogP contribution >= 0.6 is 0 Å². The van der Waals surface area contributed by atoms with Crippen molar-refractivity contribution in [1.29, 1.82) is 0 Å². The highest BCUT2D eigenvalue weighted by molar-refractivity contribution is 6.08. The number of para-hydroxylation sites is 1. The number of aromatic nitrogens is 3. The zero-order valence-corrected chi connectivity index (χ0v) is 15.3. The van der Waals surface area contributed by atoms with E-state index in [0.29, 0.717) is 36.5 Å². The predicted molar refractivity (Wildman–Crippen MR) is 102 cm³/mol. The normalized spacial score (nSPS) is 17.2. The van der Waals surface area contributed by atoms with Crippen molar-refractivity contribution in [2.24, 2.45) is 7.05 Å². The number of piperazine rings is 1. The summed E-state index contributed by atoms with van der Waals surface area (Å²) in [6.07, 6.45) is 2.42. The van der Waals surface area contributed by atoms with E-state index in [-0.39, 0.29) is 11.8 Å². The lowest BCUT2D eigenvalue weighted by atomic mass is 10.0. The number of benzene rings is 1. The van der Waals surface area contributed by atoms with Crippen LogP contribution in [0.15, 0.2) is 42.6 Å². The summed E-state index contributed by atoms with van der Waals surface area (Å²) in [4.78, 5) is 32.0. The number of hydrogen-bond donors (Lipinski definition) is 1. The fourth-order valence-corrected chi connectivity index (χ4v) is 3.55. The van der Waals surface area contributed by atoms with E-state index in [0.717, 1.165) is 10.9 Å². The molecule has 138 valence electrons. The Morgan fingerprint density at radius 2 is 2.07 bits per heavy atom. The molecule has 0 saturated carbocycles. The first-order chi connectivity index (χ1) is 13.1. The minimum atomic E-state index is -0.448. The van der Waals surface area contributed by atoms with Gasteiger partial charge < -0.3 is 10.2 Å². The van der Waals surface area contributed by atoms with Gasteiger partial charge in [-0.05, 0) is 24.6 Å². The molecule has 4 rings (SSSR count).